The fraction of sp³-hybridized carbons (Fsp3) is 0.471. The van der Waals surface area contributed by atoms with Gasteiger partial charge in [-0.2, -0.15) is 5.10 Å². The van der Waals surface area contributed by atoms with Crippen molar-refractivity contribution < 1.29 is 21.6 Å². The summed E-state index contributed by atoms with van der Waals surface area (Å²) in [6.45, 7) is 4.45. The quantitative estimate of drug-likeness (QED) is 0.810. The van der Waals surface area contributed by atoms with Crippen LogP contribution in [0.3, 0.4) is 0 Å². The molecular formula is C17H20F3N3O2S. The van der Waals surface area contributed by atoms with E-state index in [1.807, 2.05) is 0 Å². The lowest BCUT2D eigenvalue weighted by Gasteiger charge is -2.29. The van der Waals surface area contributed by atoms with Crippen LogP contribution in [0.1, 0.15) is 38.8 Å². The molecule has 2 aromatic rings. The Kier molecular flexibility index (Phi) is 4.54. The van der Waals surface area contributed by atoms with Gasteiger partial charge in [-0.05, 0) is 39.0 Å². The largest absolute Gasteiger partial charge is 0.346 e. The van der Waals surface area contributed by atoms with Gasteiger partial charge in [-0.3, -0.25) is 0 Å². The number of aromatic nitrogens is 2. The Bertz CT molecular complexity index is 922. The average Bonchev–Trinajstić information content (AvgIpc) is 3.15. The molecular weight excluding hydrogens is 367 g/mol. The lowest BCUT2D eigenvalue weighted by Crippen LogP contribution is -2.37. The highest BCUT2D eigenvalue weighted by Crippen LogP contribution is 2.39. The normalized spacial score (nSPS) is 21.4. The maximum absolute atomic E-state index is 14.2. The van der Waals surface area contributed by atoms with Crippen LogP contribution in [0.4, 0.5) is 19.0 Å². The van der Waals surface area contributed by atoms with Crippen LogP contribution in [-0.4, -0.2) is 35.1 Å². The molecule has 0 unspecified atom stereocenters. The van der Waals surface area contributed by atoms with Crippen LogP contribution >= 0.6 is 0 Å². The molecule has 0 saturated carbocycles. The molecule has 0 spiro atoms. The van der Waals surface area contributed by atoms with Crippen LogP contribution in [-0.2, 0) is 10.0 Å². The molecule has 1 aromatic carbocycles. The first-order chi connectivity index (χ1) is 12.0. The van der Waals surface area contributed by atoms with E-state index in [0.29, 0.717) is 0 Å². The summed E-state index contributed by atoms with van der Waals surface area (Å²) in [5.74, 6) is -1.17. The molecule has 2 atom stereocenters. The van der Waals surface area contributed by atoms with Crippen LogP contribution in [0.5, 0.6) is 0 Å². The molecule has 3 rings (SSSR count). The highest BCUT2D eigenvalue weighted by molar-refractivity contribution is 7.91. The molecule has 5 nitrogen and oxygen atoms in total. The SMILES string of the molecule is CC(C)(C)S(=O)(=O)n1nccc1N1C[C@@H](F)C[C@@H]1c1cc(F)ccc1F. The van der Waals surface area contributed by atoms with Crippen molar-refractivity contribution in [3.63, 3.8) is 0 Å². The van der Waals surface area contributed by atoms with Crippen LogP contribution < -0.4 is 4.90 Å². The summed E-state index contributed by atoms with van der Waals surface area (Å²) in [6, 6.07) is 3.60. The Hall–Kier alpha value is -2.03. The summed E-state index contributed by atoms with van der Waals surface area (Å²) in [5, 5.41) is 3.89. The topological polar surface area (TPSA) is 55.2 Å². The molecule has 0 N–H and O–H groups in total. The van der Waals surface area contributed by atoms with Gasteiger partial charge in [-0.1, -0.05) is 0 Å². The molecule has 0 bridgehead atoms. The molecule has 1 aliphatic rings. The lowest BCUT2D eigenvalue weighted by molar-refractivity contribution is 0.355. The minimum absolute atomic E-state index is 0.00828. The maximum atomic E-state index is 14.2. The number of rotatable bonds is 3. The molecule has 0 amide bonds. The molecule has 1 aromatic heterocycles. The predicted octanol–water partition coefficient (Wildman–Crippen LogP) is 3.43. The number of nitrogens with zero attached hydrogens (tertiary/aromatic N) is 3. The Balaban J connectivity index is 2.09. The summed E-state index contributed by atoms with van der Waals surface area (Å²) in [5.41, 5.74) is -0.00828. The number of hydrogen-bond acceptors (Lipinski definition) is 4. The molecule has 1 saturated heterocycles. The summed E-state index contributed by atoms with van der Waals surface area (Å²) in [4.78, 5) is 1.43. The van der Waals surface area contributed by atoms with Gasteiger partial charge >= 0.3 is 0 Å². The second-order valence-corrected chi connectivity index (χ2v) is 9.84. The molecule has 142 valence electrons. The number of anilines is 1. The third-order valence-corrected chi connectivity index (χ3v) is 6.74. The van der Waals surface area contributed by atoms with Crippen LogP contribution in [0.15, 0.2) is 30.5 Å². The number of benzene rings is 1. The maximum Gasteiger partial charge on any atom is 0.260 e. The van der Waals surface area contributed by atoms with Crippen molar-refractivity contribution in [2.45, 2.75) is 44.2 Å². The fourth-order valence-electron chi connectivity index (χ4n) is 3.04. The van der Waals surface area contributed by atoms with E-state index in [9.17, 15) is 21.6 Å². The summed E-state index contributed by atoms with van der Waals surface area (Å²) < 4.78 is 67.3. The lowest BCUT2D eigenvalue weighted by atomic mass is 10.0. The molecule has 0 aliphatic carbocycles. The Labute approximate surface area is 150 Å². The Morgan fingerprint density at radius 2 is 1.88 bits per heavy atom. The van der Waals surface area contributed by atoms with E-state index in [2.05, 4.69) is 5.10 Å². The number of hydrogen-bond donors (Lipinski definition) is 0. The molecule has 1 fully saturated rings. The molecule has 9 heteroatoms. The van der Waals surface area contributed by atoms with Gasteiger partial charge < -0.3 is 4.90 Å². The number of halogens is 3. The first-order valence-corrected chi connectivity index (χ1v) is 9.61. The smallest absolute Gasteiger partial charge is 0.260 e. The second kappa shape index (κ2) is 6.29. The van der Waals surface area contributed by atoms with Gasteiger partial charge in [0.15, 0.2) is 0 Å². The summed E-state index contributed by atoms with van der Waals surface area (Å²) in [7, 11) is -3.87. The van der Waals surface area contributed by atoms with E-state index < -0.39 is 38.6 Å². The van der Waals surface area contributed by atoms with Crippen molar-refractivity contribution in [3.05, 3.63) is 47.7 Å². The van der Waals surface area contributed by atoms with E-state index in [1.54, 1.807) is 0 Å². The molecule has 26 heavy (non-hydrogen) atoms. The van der Waals surface area contributed by atoms with Gasteiger partial charge in [0.25, 0.3) is 10.0 Å². The van der Waals surface area contributed by atoms with E-state index in [4.69, 9.17) is 0 Å². The predicted molar refractivity (Wildman–Crippen MR) is 92.3 cm³/mol. The van der Waals surface area contributed by atoms with Gasteiger partial charge in [-0.15, -0.1) is 4.09 Å². The van der Waals surface area contributed by atoms with Crippen molar-refractivity contribution in [2.75, 3.05) is 11.4 Å². The summed E-state index contributed by atoms with van der Waals surface area (Å²) in [6.07, 6.45) is -0.0760. The standard InChI is InChI=1S/C17H20F3N3O2S/c1-17(2,3)26(24,25)23-16(6-7-21-23)22-10-12(19)9-15(22)13-8-11(18)4-5-14(13)20/h4-8,12,15H,9-10H2,1-3H3/t12-,15+/m0/s1. The Morgan fingerprint density at radius 3 is 2.54 bits per heavy atom. The zero-order valence-electron chi connectivity index (χ0n) is 14.7. The van der Waals surface area contributed by atoms with Crippen molar-refractivity contribution in [1.29, 1.82) is 0 Å². The fourth-order valence-corrected chi connectivity index (χ4v) is 4.15. The van der Waals surface area contributed by atoms with E-state index >= 15 is 0 Å². The van der Waals surface area contributed by atoms with Crippen LogP contribution in [0, 0.1) is 11.6 Å². The highest BCUT2D eigenvalue weighted by Gasteiger charge is 2.40. The Morgan fingerprint density at radius 1 is 1.19 bits per heavy atom. The van der Waals surface area contributed by atoms with Gasteiger partial charge in [0.05, 0.1) is 23.5 Å². The molecule has 1 aliphatic heterocycles. The minimum Gasteiger partial charge on any atom is -0.346 e. The zero-order valence-corrected chi connectivity index (χ0v) is 15.5. The second-order valence-electron chi connectivity index (χ2n) is 7.32. The molecule has 2 heterocycles. The zero-order chi connectivity index (χ0) is 19.3. The van der Waals surface area contributed by atoms with E-state index in [-0.39, 0.29) is 24.3 Å². The summed E-state index contributed by atoms with van der Waals surface area (Å²) >= 11 is 0. The first-order valence-electron chi connectivity index (χ1n) is 8.17. The van der Waals surface area contributed by atoms with E-state index in [1.165, 1.54) is 37.9 Å². The monoisotopic (exact) mass is 387 g/mol. The van der Waals surface area contributed by atoms with Crippen molar-refractivity contribution >= 4 is 15.8 Å². The third kappa shape index (κ3) is 3.08. The third-order valence-electron chi connectivity index (χ3n) is 4.45. The minimum atomic E-state index is -3.87. The average molecular weight is 387 g/mol. The van der Waals surface area contributed by atoms with Gasteiger partial charge in [0.2, 0.25) is 0 Å². The van der Waals surface area contributed by atoms with Gasteiger partial charge in [0.1, 0.15) is 23.6 Å². The highest BCUT2D eigenvalue weighted by atomic mass is 32.2. The number of alkyl halides is 1. The molecule has 0 radical (unpaired) electrons. The van der Waals surface area contributed by atoms with E-state index in [0.717, 1.165) is 22.3 Å². The van der Waals surface area contributed by atoms with Crippen molar-refractivity contribution in [3.8, 4) is 0 Å². The van der Waals surface area contributed by atoms with Gasteiger partial charge in [-0.25, -0.2) is 21.6 Å². The first kappa shape index (κ1) is 18.8. The van der Waals surface area contributed by atoms with Crippen molar-refractivity contribution in [2.24, 2.45) is 0 Å². The van der Waals surface area contributed by atoms with Crippen LogP contribution in [0.2, 0.25) is 0 Å². The van der Waals surface area contributed by atoms with Crippen LogP contribution in [0.25, 0.3) is 0 Å². The van der Waals surface area contributed by atoms with Gasteiger partial charge in [0, 0.05) is 18.1 Å². The van der Waals surface area contributed by atoms with Crippen molar-refractivity contribution in [1.82, 2.24) is 9.19 Å².